The lowest BCUT2D eigenvalue weighted by atomic mass is 10.0. The molecule has 0 amide bonds. The molecule has 2 aromatic rings. The smallest absolute Gasteiger partial charge is 0.315 e. The number of hydrogen-bond donors (Lipinski definition) is 1. The first kappa shape index (κ1) is 16.0. The number of rotatable bonds is 4. The fourth-order valence-electron chi connectivity index (χ4n) is 1.99. The first-order valence-electron chi connectivity index (χ1n) is 6.64. The average molecular weight is 314 g/mol. The van der Waals surface area contributed by atoms with Crippen molar-refractivity contribution < 1.29 is 13.2 Å². The van der Waals surface area contributed by atoms with Gasteiger partial charge in [0.25, 0.3) is 0 Å². The molecular weight excluding hydrogens is 297 g/mol. The van der Waals surface area contributed by atoms with Crippen LogP contribution in [0.4, 0.5) is 13.2 Å². The quantitative estimate of drug-likeness (QED) is 0.887. The molecule has 0 spiro atoms. The Morgan fingerprint density at radius 2 is 1.81 bits per heavy atom. The minimum atomic E-state index is -4.42. The van der Waals surface area contributed by atoms with Crippen molar-refractivity contribution in [2.24, 2.45) is 0 Å². The number of aromatic nitrogens is 1. The molecule has 1 aromatic carbocycles. The van der Waals surface area contributed by atoms with Gasteiger partial charge in [0.1, 0.15) is 5.01 Å². The standard InChI is InChI=1S/C15H17F3N2S/c1-9(2)10-4-6-11(7-5-10)14-20-13(15(16,17)18)12(21-14)8-19-3/h4-7,9,19H,8H2,1-3H3. The number of thiazole rings is 1. The van der Waals surface area contributed by atoms with Crippen LogP contribution in [0.15, 0.2) is 24.3 Å². The highest BCUT2D eigenvalue weighted by Crippen LogP contribution is 2.37. The monoisotopic (exact) mass is 314 g/mol. The molecule has 6 heteroatoms. The van der Waals surface area contributed by atoms with Crippen LogP contribution in [0.3, 0.4) is 0 Å². The molecule has 0 bridgehead atoms. The Labute approximate surface area is 126 Å². The summed E-state index contributed by atoms with van der Waals surface area (Å²) in [4.78, 5) is 4.01. The lowest BCUT2D eigenvalue weighted by Gasteiger charge is -2.05. The maximum Gasteiger partial charge on any atom is 0.434 e. The third-order valence-corrected chi connectivity index (χ3v) is 4.23. The zero-order chi connectivity index (χ0) is 15.6. The van der Waals surface area contributed by atoms with Crippen LogP contribution in [0.1, 0.15) is 35.9 Å². The molecule has 1 heterocycles. The molecule has 0 radical (unpaired) electrons. The van der Waals surface area contributed by atoms with E-state index in [2.05, 4.69) is 24.1 Å². The predicted molar refractivity (Wildman–Crippen MR) is 79.4 cm³/mol. The second kappa shape index (κ2) is 6.15. The van der Waals surface area contributed by atoms with E-state index in [4.69, 9.17) is 0 Å². The van der Waals surface area contributed by atoms with E-state index in [0.29, 0.717) is 10.9 Å². The summed E-state index contributed by atoms with van der Waals surface area (Å²) in [5.74, 6) is 0.390. The van der Waals surface area contributed by atoms with Crippen molar-refractivity contribution in [2.45, 2.75) is 32.5 Å². The Bertz CT molecular complexity index is 600. The fourth-order valence-corrected chi connectivity index (χ4v) is 3.09. The lowest BCUT2D eigenvalue weighted by Crippen LogP contribution is -2.12. The number of benzene rings is 1. The van der Waals surface area contributed by atoms with E-state index in [1.54, 1.807) is 7.05 Å². The maximum absolute atomic E-state index is 13.0. The van der Waals surface area contributed by atoms with Crippen LogP contribution >= 0.6 is 11.3 Å². The van der Waals surface area contributed by atoms with Crippen LogP contribution in [0.2, 0.25) is 0 Å². The molecule has 1 aromatic heterocycles. The molecule has 1 N–H and O–H groups in total. The summed E-state index contributed by atoms with van der Waals surface area (Å²) in [6.45, 7) is 4.31. The molecule has 2 nitrogen and oxygen atoms in total. The molecule has 0 saturated carbocycles. The van der Waals surface area contributed by atoms with Crippen LogP contribution in [0.5, 0.6) is 0 Å². The highest BCUT2D eigenvalue weighted by molar-refractivity contribution is 7.15. The highest BCUT2D eigenvalue weighted by Gasteiger charge is 2.37. The zero-order valence-corrected chi connectivity index (χ0v) is 12.9. The third-order valence-electron chi connectivity index (χ3n) is 3.13. The van der Waals surface area contributed by atoms with Crippen LogP contribution < -0.4 is 5.32 Å². The van der Waals surface area contributed by atoms with Crippen molar-refractivity contribution in [3.63, 3.8) is 0 Å². The number of halogens is 3. The third kappa shape index (κ3) is 3.63. The van der Waals surface area contributed by atoms with E-state index in [0.717, 1.165) is 22.5 Å². The summed E-state index contributed by atoms with van der Waals surface area (Å²) in [6.07, 6.45) is -4.42. The SMILES string of the molecule is CNCc1sc(-c2ccc(C(C)C)cc2)nc1C(F)(F)F. The zero-order valence-electron chi connectivity index (χ0n) is 12.1. The van der Waals surface area contributed by atoms with Crippen molar-refractivity contribution in [2.75, 3.05) is 7.05 Å². The van der Waals surface area contributed by atoms with Gasteiger partial charge in [-0.25, -0.2) is 4.98 Å². The van der Waals surface area contributed by atoms with E-state index in [9.17, 15) is 13.2 Å². The van der Waals surface area contributed by atoms with Gasteiger partial charge in [-0.1, -0.05) is 38.1 Å². The highest BCUT2D eigenvalue weighted by atomic mass is 32.1. The molecule has 114 valence electrons. The fraction of sp³-hybridized carbons (Fsp3) is 0.400. The Hall–Kier alpha value is -1.40. The van der Waals surface area contributed by atoms with Gasteiger partial charge >= 0.3 is 6.18 Å². The van der Waals surface area contributed by atoms with Gasteiger partial charge in [-0.15, -0.1) is 11.3 Å². The summed E-state index contributed by atoms with van der Waals surface area (Å²) in [5, 5.41) is 3.16. The lowest BCUT2D eigenvalue weighted by molar-refractivity contribution is -0.141. The molecule has 0 aliphatic heterocycles. The van der Waals surface area contributed by atoms with E-state index in [-0.39, 0.29) is 11.4 Å². The molecule has 21 heavy (non-hydrogen) atoms. The number of nitrogens with one attached hydrogen (secondary N) is 1. The first-order valence-corrected chi connectivity index (χ1v) is 7.46. The van der Waals surface area contributed by atoms with Crippen LogP contribution in [0, 0.1) is 0 Å². The molecule has 0 unspecified atom stereocenters. The van der Waals surface area contributed by atoms with E-state index in [1.807, 2.05) is 24.3 Å². The van der Waals surface area contributed by atoms with Crippen molar-refractivity contribution in [1.29, 1.82) is 0 Å². The molecule has 0 aliphatic carbocycles. The summed E-state index contributed by atoms with van der Waals surface area (Å²) in [6, 6.07) is 7.54. The molecule has 2 rings (SSSR count). The minimum absolute atomic E-state index is 0.163. The van der Waals surface area contributed by atoms with E-state index >= 15 is 0 Å². The Balaban J connectivity index is 2.40. The van der Waals surface area contributed by atoms with E-state index < -0.39 is 11.9 Å². The maximum atomic E-state index is 13.0. The second-order valence-electron chi connectivity index (χ2n) is 5.10. The molecule has 0 aliphatic rings. The van der Waals surface area contributed by atoms with Gasteiger partial charge in [0.2, 0.25) is 0 Å². The van der Waals surface area contributed by atoms with Crippen molar-refractivity contribution in [1.82, 2.24) is 10.3 Å². The van der Waals surface area contributed by atoms with Gasteiger partial charge < -0.3 is 5.32 Å². The van der Waals surface area contributed by atoms with Gasteiger partial charge in [-0.05, 0) is 18.5 Å². The Morgan fingerprint density at radius 3 is 2.29 bits per heavy atom. The summed E-state index contributed by atoms with van der Waals surface area (Å²) >= 11 is 1.08. The largest absolute Gasteiger partial charge is 0.434 e. The minimum Gasteiger partial charge on any atom is -0.315 e. The second-order valence-corrected chi connectivity index (χ2v) is 6.18. The summed E-state index contributed by atoms with van der Waals surface area (Å²) < 4.78 is 39.0. The predicted octanol–water partition coefficient (Wildman–Crippen LogP) is 4.67. The number of alkyl halides is 3. The first-order chi connectivity index (χ1) is 9.82. The van der Waals surface area contributed by atoms with Gasteiger partial charge in [-0.3, -0.25) is 0 Å². The number of nitrogens with zero attached hydrogens (tertiary/aromatic N) is 1. The van der Waals surface area contributed by atoms with E-state index in [1.165, 1.54) is 0 Å². The normalized spacial score (nSPS) is 12.1. The molecule has 0 fully saturated rings. The summed E-state index contributed by atoms with van der Waals surface area (Å²) in [5.41, 5.74) is 1.09. The van der Waals surface area contributed by atoms with Gasteiger partial charge in [0, 0.05) is 12.1 Å². The molecular formula is C15H17F3N2S. The van der Waals surface area contributed by atoms with Crippen LogP contribution in [-0.2, 0) is 12.7 Å². The average Bonchev–Trinajstić information content (AvgIpc) is 2.83. The number of hydrogen-bond acceptors (Lipinski definition) is 3. The Morgan fingerprint density at radius 1 is 1.19 bits per heavy atom. The van der Waals surface area contributed by atoms with Crippen LogP contribution in [-0.4, -0.2) is 12.0 Å². The Kier molecular flexibility index (Phi) is 4.68. The van der Waals surface area contributed by atoms with Crippen molar-refractivity contribution in [3.05, 3.63) is 40.4 Å². The summed E-state index contributed by atoms with van der Waals surface area (Å²) in [7, 11) is 1.62. The topological polar surface area (TPSA) is 24.9 Å². The van der Waals surface area contributed by atoms with Crippen LogP contribution in [0.25, 0.3) is 10.6 Å². The van der Waals surface area contributed by atoms with Crippen molar-refractivity contribution in [3.8, 4) is 10.6 Å². The van der Waals surface area contributed by atoms with Gasteiger partial charge in [0.05, 0.1) is 4.88 Å². The van der Waals surface area contributed by atoms with Crippen molar-refractivity contribution >= 4 is 11.3 Å². The van der Waals surface area contributed by atoms with Gasteiger partial charge in [-0.2, -0.15) is 13.2 Å². The molecule has 0 saturated heterocycles. The molecule has 0 atom stereocenters. The van der Waals surface area contributed by atoms with Gasteiger partial charge in [0.15, 0.2) is 5.69 Å².